The number of benzene rings is 1. The molecule has 1 atom stereocenters. The summed E-state index contributed by atoms with van der Waals surface area (Å²) in [6.07, 6.45) is -1.39. The average molecular weight is 603 g/mol. The fraction of sp³-hybridized carbons (Fsp3) is 0.346. The Morgan fingerprint density at radius 3 is 2.58 bits per heavy atom. The van der Waals surface area contributed by atoms with Crippen molar-refractivity contribution >= 4 is 52.1 Å². The van der Waals surface area contributed by atoms with Gasteiger partial charge in [0, 0.05) is 61.0 Å². The monoisotopic (exact) mass is 602 g/mol. The van der Waals surface area contributed by atoms with Crippen molar-refractivity contribution in [2.75, 3.05) is 50.5 Å². The van der Waals surface area contributed by atoms with Crippen molar-refractivity contribution < 1.29 is 31.5 Å². The summed E-state index contributed by atoms with van der Waals surface area (Å²) in [5.74, 6) is -1.16. The maximum absolute atomic E-state index is 14.4. The molecule has 1 fully saturated rings. The van der Waals surface area contributed by atoms with Crippen LogP contribution in [-0.2, 0) is 15.7 Å². The van der Waals surface area contributed by atoms with Gasteiger partial charge in [0.25, 0.3) is 0 Å². The lowest BCUT2D eigenvalue weighted by Crippen LogP contribution is -2.49. The molecule has 4 rings (SSSR count). The molecule has 214 valence electrons. The van der Waals surface area contributed by atoms with E-state index in [2.05, 4.69) is 11.6 Å². The number of rotatable bonds is 7. The Labute approximate surface area is 235 Å². The maximum atomic E-state index is 14.4. The Kier molecular flexibility index (Phi) is 9.06. The molecule has 1 unspecified atom stereocenters. The van der Waals surface area contributed by atoms with Crippen molar-refractivity contribution in [3.05, 3.63) is 69.7 Å². The molecule has 40 heavy (non-hydrogen) atoms. The van der Waals surface area contributed by atoms with Crippen LogP contribution in [0.15, 0.2) is 57.8 Å². The van der Waals surface area contributed by atoms with Gasteiger partial charge in [0.2, 0.25) is 5.91 Å². The van der Waals surface area contributed by atoms with E-state index in [0.29, 0.717) is 6.08 Å². The first-order chi connectivity index (χ1) is 19.0. The fourth-order valence-corrected chi connectivity index (χ4v) is 6.12. The lowest BCUT2D eigenvalue weighted by molar-refractivity contribution is -0.137. The lowest BCUT2D eigenvalue weighted by atomic mass is 10.0. The Morgan fingerprint density at radius 1 is 1.27 bits per heavy atom. The molecular weight excluding hydrogens is 579 g/mol. The van der Waals surface area contributed by atoms with Crippen molar-refractivity contribution in [3.63, 3.8) is 0 Å². The molecule has 2 aliphatic heterocycles. The standard InChI is InChI=1S/C26H24ClF5N4O3S/c1-3-21(37)34-8-10-35(11-9-34)24-17-12-18(26(30,31)32)16(4-5-19(27)20(29)6-7-28)23-22(17)36(25(38)33-24)15(13-39-2)14-40-23/h3-7,12,15H,1,8-11,13-14H2,2H3/b5-4+,7-6+,20-19-. The molecule has 2 aliphatic rings. The van der Waals surface area contributed by atoms with Gasteiger partial charge in [0.1, 0.15) is 11.6 Å². The number of piperazine rings is 1. The molecule has 2 aromatic rings. The number of hydrogen-bond acceptors (Lipinski definition) is 6. The van der Waals surface area contributed by atoms with Gasteiger partial charge in [-0.05, 0) is 18.2 Å². The number of carbonyl (C=O) groups is 1. The SMILES string of the molecule is C=CC(=O)N1CCN(c2nc(=O)n3c4c(c(/C=C/C(Cl)=C(F)\C=C\F)c(C(F)(F)F)cc24)SCC3COC)CC1. The molecule has 0 saturated carbocycles. The Bertz CT molecular complexity index is 1480. The van der Waals surface area contributed by atoms with E-state index in [-0.39, 0.29) is 78.0 Å². The van der Waals surface area contributed by atoms with E-state index in [0.717, 1.165) is 30.0 Å². The van der Waals surface area contributed by atoms with E-state index >= 15 is 0 Å². The van der Waals surface area contributed by atoms with Gasteiger partial charge in [-0.1, -0.05) is 24.3 Å². The molecule has 7 nitrogen and oxygen atoms in total. The number of allylic oxidation sites excluding steroid dienone is 4. The number of thioether (sulfide) groups is 1. The molecule has 3 heterocycles. The van der Waals surface area contributed by atoms with Gasteiger partial charge < -0.3 is 14.5 Å². The Hall–Kier alpha value is -3.16. The summed E-state index contributed by atoms with van der Waals surface area (Å²) < 4.78 is 76.2. The molecule has 14 heteroatoms. The maximum Gasteiger partial charge on any atom is 0.417 e. The van der Waals surface area contributed by atoms with Crippen LogP contribution in [0.1, 0.15) is 17.2 Å². The summed E-state index contributed by atoms with van der Waals surface area (Å²) in [5.41, 5.74) is -1.79. The minimum atomic E-state index is -4.84. The van der Waals surface area contributed by atoms with Crippen molar-refractivity contribution in [3.8, 4) is 0 Å². The molecule has 1 saturated heterocycles. The highest BCUT2D eigenvalue weighted by atomic mass is 35.5. The molecule has 0 bridgehead atoms. The number of alkyl halides is 3. The quantitative estimate of drug-likeness (QED) is 0.238. The fourth-order valence-electron chi connectivity index (χ4n) is 4.71. The number of carbonyl (C=O) groups excluding carboxylic acids is 1. The van der Waals surface area contributed by atoms with Crippen LogP contribution in [0.5, 0.6) is 0 Å². The van der Waals surface area contributed by atoms with Crippen LogP contribution in [0.4, 0.5) is 27.8 Å². The third kappa shape index (κ3) is 5.81. The lowest BCUT2D eigenvalue weighted by Gasteiger charge is -2.36. The van der Waals surface area contributed by atoms with Gasteiger partial charge in [-0.15, -0.1) is 11.8 Å². The Balaban J connectivity index is 1.98. The summed E-state index contributed by atoms with van der Waals surface area (Å²) in [6.45, 7) is 4.59. The third-order valence-corrected chi connectivity index (χ3v) is 8.09. The number of hydrogen-bond donors (Lipinski definition) is 0. The largest absolute Gasteiger partial charge is 0.417 e. The van der Waals surface area contributed by atoms with Crippen LogP contribution >= 0.6 is 23.4 Å². The number of ether oxygens (including phenoxy) is 1. The summed E-state index contributed by atoms with van der Waals surface area (Å²) in [6, 6.07) is 0.411. The number of nitrogens with zero attached hydrogens (tertiary/aromatic N) is 4. The second kappa shape index (κ2) is 12.1. The summed E-state index contributed by atoms with van der Waals surface area (Å²) in [4.78, 5) is 32.9. The van der Waals surface area contributed by atoms with Crippen molar-refractivity contribution in [1.29, 1.82) is 0 Å². The van der Waals surface area contributed by atoms with Crippen LogP contribution < -0.4 is 10.6 Å². The molecule has 0 aliphatic carbocycles. The molecule has 0 radical (unpaired) electrons. The molecular formula is C26H24ClF5N4O3S. The smallest absolute Gasteiger partial charge is 0.383 e. The topological polar surface area (TPSA) is 67.7 Å². The average Bonchev–Trinajstić information content (AvgIpc) is 2.93. The predicted molar refractivity (Wildman–Crippen MR) is 145 cm³/mol. The first-order valence-electron chi connectivity index (χ1n) is 12.0. The zero-order valence-corrected chi connectivity index (χ0v) is 22.8. The van der Waals surface area contributed by atoms with Gasteiger partial charge in [0.05, 0.1) is 35.1 Å². The van der Waals surface area contributed by atoms with Crippen molar-refractivity contribution in [2.24, 2.45) is 0 Å². The van der Waals surface area contributed by atoms with E-state index < -0.39 is 34.3 Å². The van der Waals surface area contributed by atoms with Gasteiger partial charge in [0.15, 0.2) is 0 Å². The second-order valence-electron chi connectivity index (χ2n) is 8.91. The van der Waals surface area contributed by atoms with E-state index in [1.165, 1.54) is 17.8 Å². The highest BCUT2D eigenvalue weighted by molar-refractivity contribution is 7.99. The van der Waals surface area contributed by atoms with E-state index in [1.807, 2.05) is 0 Å². The molecule has 0 spiro atoms. The van der Waals surface area contributed by atoms with Gasteiger partial charge in [-0.2, -0.15) is 18.2 Å². The molecule has 1 aromatic heterocycles. The van der Waals surface area contributed by atoms with Crippen LogP contribution in [0.3, 0.4) is 0 Å². The molecule has 1 amide bonds. The third-order valence-electron chi connectivity index (χ3n) is 6.53. The highest BCUT2D eigenvalue weighted by Crippen LogP contribution is 2.46. The zero-order valence-electron chi connectivity index (χ0n) is 21.2. The van der Waals surface area contributed by atoms with Crippen LogP contribution in [-0.4, -0.2) is 66.0 Å². The number of anilines is 1. The van der Waals surface area contributed by atoms with Crippen molar-refractivity contribution in [1.82, 2.24) is 14.5 Å². The normalized spacial score (nSPS) is 18.6. The summed E-state index contributed by atoms with van der Waals surface area (Å²) in [5, 5.41) is -0.504. The van der Waals surface area contributed by atoms with Gasteiger partial charge in [-0.25, -0.2) is 13.6 Å². The van der Waals surface area contributed by atoms with Crippen molar-refractivity contribution in [2.45, 2.75) is 17.1 Å². The summed E-state index contributed by atoms with van der Waals surface area (Å²) >= 11 is 6.94. The Morgan fingerprint density at radius 2 is 1.98 bits per heavy atom. The number of amides is 1. The molecule has 1 aromatic carbocycles. The van der Waals surface area contributed by atoms with Crippen LogP contribution in [0.25, 0.3) is 17.0 Å². The van der Waals surface area contributed by atoms with E-state index in [1.54, 1.807) is 9.80 Å². The number of methoxy groups -OCH3 is 1. The minimum Gasteiger partial charge on any atom is -0.383 e. The highest BCUT2D eigenvalue weighted by Gasteiger charge is 2.38. The van der Waals surface area contributed by atoms with E-state index in [9.17, 15) is 31.5 Å². The van der Waals surface area contributed by atoms with E-state index in [4.69, 9.17) is 16.3 Å². The van der Waals surface area contributed by atoms with Crippen LogP contribution in [0, 0.1) is 0 Å². The second-order valence-corrected chi connectivity index (χ2v) is 10.3. The number of halogens is 6. The first-order valence-corrected chi connectivity index (χ1v) is 13.4. The van der Waals surface area contributed by atoms with Gasteiger partial charge in [-0.3, -0.25) is 9.36 Å². The zero-order chi connectivity index (χ0) is 29.2. The van der Waals surface area contributed by atoms with Crippen LogP contribution in [0.2, 0.25) is 0 Å². The minimum absolute atomic E-state index is 0.0694. The first kappa shape index (κ1) is 29.8. The van der Waals surface area contributed by atoms with Gasteiger partial charge >= 0.3 is 11.9 Å². The summed E-state index contributed by atoms with van der Waals surface area (Å²) in [7, 11) is 1.45. The predicted octanol–water partition coefficient (Wildman–Crippen LogP) is 5.46. The molecule has 0 N–H and O–H groups in total. The number of aromatic nitrogens is 2.